The van der Waals surface area contributed by atoms with Gasteiger partial charge in [-0.1, -0.05) is 19.3 Å². The summed E-state index contributed by atoms with van der Waals surface area (Å²) in [5.41, 5.74) is 0. The van der Waals surface area contributed by atoms with Gasteiger partial charge in [0.25, 0.3) is 0 Å². The second-order valence-electron chi connectivity index (χ2n) is 4.86. The first kappa shape index (κ1) is 12.5. The number of hydrogen-bond donors (Lipinski definition) is 1. The number of rotatable bonds is 7. The molecule has 1 aliphatic rings. The monoisotopic (exact) mass is 213 g/mol. The molecule has 0 aromatic carbocycles. The van der Waals surface area contributed by atoms with E-state index in [1.54, 1.807) is 0 Å². The van der Waals surface area contributed by atoms with Crippen LogP contribution in [0.1, 0.15) is 45.4 Å². The van der Waals surface area contributed by atoms with Crippen molar-refractivity contribution in [2.24, 2.45) is 5.92 Å². The van der Waals surface area contributed by atoms with Crippen molar-refractivity contribution in [2.45, 2.75) is 51.5 Å². The van der Waals surface area contributed by atoms with E-state index in [0.717, 1.165) is 18.9 Å². The lowest BCUT2D eigenvalue weighted by atomic mass is 9.81. The number of carboxylic acid groups (broad SMARTS) is 1. The lowest BCUT2D eigenvalue weighted by Gasteiger charge is -2.32. The van der Waals surface area contributed by atoms with Crippen molar-refractivity contribution in [2.75, 3.05) is 13.6 Å². The summed E-state index contributed by atoms with van der Waals surface area (Å²) in [6, 6.07) is 0.601. The fraction of sp³-hybridized carbons (Fsp3) is 0.917. The van der Waals surface area contributed by atoms with Crippen molar-refractivity contribution in [3.8, 4) is 0 Å². The summed E-state index contributed by atoms with van der Waals surface area (Å²) in [5.74, 6) is 0.247. The number of nitrogens with zero attached hydrogens (tertiary/aromatic N) is 1. The molecule has 1 unspecified atom stereocenters. The van der Waals surface area contributed by atoms with Gasteiger partial charge >= 0.3 is 5.97 Å². The summed E-state index contributed by atoms with van der Waals surface area (Å²) in [5, 5.41) is 8.54. The van der Waals surface area contributed by atoms with Crippen LogP contribution in [0.2, 0.25) is 0 Å². The average molecular weight is 213 g/mol. The van der Waals surface area contributed by atoms with Crippen LogP contribution in [-0.2, 0) is 4.79 Å². The van der Waals surface area contributed by atoms with E-state index in [1.807, 2.05) is 0 Å². The fourth-order valence-corrected chi connectivity index (χ4v) is 2.09. The van der Waals surface area contributed by atoms with Crippen LogP contribution in [-0.4, -0.2) is 35.6 Å². The van der Waals surface area contributed by atoms with Crippen molar-refractivity contribution in [3.05, 3.63) is 0 Å². The van der Waals surface area contributed by atoms with Crippen molar-refractivity contribution >= 4 is 5.97 Å². The Balaban J connectivity index is 2.08. The minimum Gasteiger partial charge on any atom is -0.481 e. The van der Waals surface area contributed by atoms with Gasteiger partial charge in [-0.2, -0.15) is 0 Å². The van der Waals surface area contributed by atoms with Crippen LogP contribution in [0.25, 0.3) is 0 Å². The molecule has 0 saturated heterocycles. The Morgan fingerprint density at radius 1 is 1.53 bits per heavy atom. The van der Waals surface area contributed by atoms with E-state index in [2.05, 4.69) is 18.9 Å². The zero-order valence-electron chi connectivity index (χ0n) is 9.91. The Labute approximate surface area is 92.5 Å². The van der Waals surface area contributed by atoms with E-state index >= 15 is 0 Å². The van der Waals surface area contributed by atoms with E-state index < -0.39 is 5.97 Å². The number of carboxylic acids is 1. The molecule has 1 rings (SSSR count). The van der Waals surface area contributed by atoms with Crippen LogP contribution in [0.3, 0.4) is 0 Å². The van der Waals surface area contributed by atoms with Gasteiger partial charge in [0, 0.05) is 12.5 Å². The van der Waals surface area contributed by atoms with Crippen molar-refractivity contribution in [1.82, 2.24) is 4.90 Å². The first-order chi connectivity index (χ1) is 7.09. The van der Waals surface area contributed by atoms with Gasteiger partial charge in [0.1, 0.15) is 0 Å². The highest BCUT2D eigenvalue weighted by molar-refractivity contribution is 5.66. The van der Waals surface area contributed by atoms with Crippen LogP contribution < -0.4 is 0 Å². The predicted molar refractivity (Wildman–Crippen MR) is 60.9 cm³/mol. The molecule has 1 saturated carbocycles. The van der Waals surface area contributed by atoms with E-state index in [1.165, 1.54) is 25.7 Å². The lowest BCUT2D eigenvalue weighted by Crippen LogP contribution is -2.33. The van der Waals surface area contributed by atoms with Gasteiger partial charge in [0.2, 0.25) is 0 Å². The third kappa shape index (κ3) is 4.65. The summed E-state index contributed by atoms with van der Waals surface area (Å²) in [6.45, 7) is 3.15. The number of aliphatic carboxylic acids is 1. The number of hydrogen-bond acceptors (Lipinski definition) is 2. The van der Waals surface area contributed by atoms with Gasteiger partial charge in [0.15, 0.2) is 0 Å². The Morgan fingerprint density at radius 2 is 2.20 bits per heavy atom. The van der Waals surface area contributed by atoms with Gasteiger partial charge in [-0.15, -0.1) is 0 Å². The smallest absolute Gasteiger partial charge is 0.303 e. The predicted octanol–water partition coefficient (Wildman–Crippen LogP) is 2.36. The SMILES string of the molecule is CC(CC1CCC1)N(C)CCCC(=O)O. The topological polar surface area (TPSA) is 40.5 Å². The summed E-state index contributed by atoms with van der Waals surface area (Å²) < 4.78 is 0. The standard InChI is InChI=1S/C12H23NO2/c1-10(9-11-5-3-6-11)13(2)8-4-7-12(14)15/h10-11H,3-9H2,1-2H3,(H,14,15). The zero-order chi connectivity index (χ0) is 11.3. The van der Waals surface area contributed by atoms with Gasteiger partial charge in [-0.3, -0.25) is 4.79 Å². The highest BCUT2D eigenvalue weighted by Gasteiger charge is 2.21. The third-order valence-corrected chi connectivity index (χ3v) is 3.55. The van der Waals surface area contributed by atoms with Crippen LogP contribution >= 0.6 is 0 Å². The largest absolute Gasteiger partial charge is 0.481 e. The summed E-state index contributed by atoms with van der Waals surface area (Å²) in [7, 11) is 2.10. The molecule has 3 heteroatoms. The van der Waals surface area contributed by atoms with Crippen molar-refractivity contribution < 1.29 is 9.90 Å². The molecule has 0 bridgehead atoms. The lowest BCUT2D eigenvalue weighted by molar-refractivity contribution is -0.137. The van der Waals surface area contributed by atoms with Gasteiger partial charge in [0.05, 0.1) is 0 Å². The van der Waals surface area contributed by atoms with Crippen LogP contribution in [0.4, 0.5) is 0 Å². The highest BCUT2D eigenvalue weighted by atomic mass is 16.4. The molecule has 1 atom stereocenters. The maximum Gasteiger partial charge on any atom is 0.303 e. The molecule has 0 aliphatic heterocycles. The maximum atomic E-state index is 10.4. The Hall–Kier alpha value is -0.570. The average Bonchev–Trinajstić information content (AvgIpc) is 2.10. The van der Waals surface area contributed by atoms with Gasteiger partial charge < -0.3 is 10.0 Å². The highest BCUT2D eigenvalue weighted by Crippen LogP contribution is 2.31. The maximum absolute atomic E-state index is 10.4. The molecular weight excluding hydrogens is 190 g/mol. The molecule has 0 amide bonds. The summed E-state index contributed by atoms with van der Waals surface area (Å²) in [4.78, 5) is 12.7. The molecule has 0 aromatic rings. The molecule has 15 heavy (non-hydrogen) atoms. The fourth-order valence-electron chi connectivity index (χ4n) is 2.09. The molecule has 88 valence electrons. The third-order valence-electron chi connectivity index (χ3n) is 3.55. The minimum absolute atomic E-state index is 0.292. The van der Waals surface area contributed by atoms with E-state index in [9.17, 15) is 4.79 Å². The van der Waals surface area contributed by atoms with Crippen LogP contribution in [0.5, 0.6) is 0 Å². The van der Waals surface area contributed by atoms with Crippen molar-refractivity contribution in [1.29, 1.82) is 0 Å². The van der Waals surface area contributed by atoms with Gasteiger partial charge in [-0.05, 0) is 39.3 Å². The minimum atomic E-state index is -0.685. The zero-order valence-corrected chi connectivity index (χ0v) is 9.91. The molecule has 0 heterocycles. The molecule has 1 aliphatic carbocycles. The van der Waals surface area contributed by atoms with Crippen molar-refractivity contribution in [3.63, 3.8) is 0 Å². The first-order valence-electron chi connectivity index (χ1n) is 6.01. The normalized spacial score (nSPS) is 18.9. The van der Waals surface area contributed by atoms with E-state index in [4.69, 9.17) is 5.11 Å². The Kier molecular flexibility index (Phi) is 5.09. The molecule has 0 spiro atoms. The molecule has 1 N–H and O–H groups in total. The molecular formula is C12H23NO2. The Morgan fingerprint density at radius 3 is 2.67 bits per heavy atom. The first-order valence-corrected chi connectivity index (χ1v) is 6.01. The van der Waals surface area contributed by atoms with E-state index in [-0.39, 0.29) is 0 Å². The van der Waals surface area contributed by atoms with Crippen LogP contribution in [0, 0.1) is 5.92 Å². The quantitative estimate of drug-likeness (QED) is 0.705. The van der Waals surface area contributed by atoms with Crippen LogP contribution in [0.15, 0.2) is 0 Å². The molecule has 0 aromatic heterocycles. The number of carbonyl (C=O) groups is 1. The second kappa shape index (κ2) is 6.11. The molecule has 1 fully saturated rings. The van der Waals surface area contributed by atoms with Gasteiger partial charge in [-0.25, -0.2) is 0 Å². The molecule has 0 radical (unpaired) electrons. The summed E-state index contributed by atoms with van der Waals surface area (Å²) >= 11 is 0. The molecule has 3 nitrogen and oxygen atoms in total. The second-order valence-corrected chi connectivity index (χ2v) is 4.86. The van der Waals surface area contributed by atoms with E-state index in [0.29, 0.717) is 12.5 Å². The Bertz CT molecular complexity index is 202. The summed E-state index contributed by atoms with van der Waals surface area (Å²) in [6.07, 6.45) is 6.53.